The maximum atomic E-state index is 13.6. The summed E-state index contributed by atoms with van der Waals surface area (Å²) in [6.07, 6.45) is 3.04. The van der Waals surface area contributed by atoms with Crippen molar-refractivity contribution in [2.24, 2.45) is 5.73 Å². The largest absolute Gasteiger partial charge is 0.380 e. The first-order chi connectivity index (χ1) is 16.5. The minimum Gasteiger partial charge on any atom is -0.380 e. The van der Waals surface area contributed by atoms with Crippen molar-refractivity contribution in [2.75, 3.05) is 36.5 Å². The molecule has 34 heavy (non-hydrogen) atoms. The molecule has 1 aliphatic heterocycles. The number of fused-ring (bicyclic) bond motifs is 1. The van der Waals surface area contributed by atoms with Crippen LogP contribution in [0.4, 0.5) is 20.2 Å². The third kappa shape index (κ3) is 4.40. The third-order valence-corrected chi connectivity index (χ3v) is 5.71. The minimum atomic E-state index is -0.678. The molecule has 0 atom stereocenters. The number of hydrogen-bond acceptors (Lipinski definition) is 6. The van der Waals surface area contributed by atoms with Crippen LogP contribution in [0.1, 0.15) is 15.9 Å². The van der Waals surface area contributed by atoms with Crippen molar-refractivity contribution in [1.82, 2.24) is 14.5 Å². The molecule has 3 heterocycles. The molecule has 0 aliphatic carbocycles. The van der Waals surface area contributed by atoms with Crippen LogP contribution < -0.4 is 16.0 Å². The Hall–Kier alpha value is -4.05. The third-order valence-electron chi connectivity index (χ3n) is 5.71. The zero-order valence-electron chi connectivity index (χ0n) is 18.2. The summed E-state index contributed by atoms with van der Waals surface area (Å²) in [5, 5.41) is 3.05. The van der Waals surface area contributed by atoms with Crippen LogP contribution in [0.5, 0.6) is 0 Å². The molecular weight excluding hydrogens is 442 g/mol. The molecule has 3 N–H and O–H groups in total. The molecule has 1 amide bonds. The SMILES string of the molecule is NC(=O)c1cnc(-n2cnc3ccc(N4CCOCC4)cc32)cc1NCc1cc(F)cc(F)c1. The van der Waals surface area contributed by atoms with Gasteiger partial charge in [-0.1, -0.05) is 0 Å². The lowest BCUT2D eigenvalue weighted by Gasteiger charge is -2.28. The second-order valence-electron chi connectivity index (χ2n) is 7.97. The van der Waals surface area contributed by atoms with Crippen LogP contribution in [0.2, 0.25) is 0 Å². The monoisotopic (exact) mass is 464 g/mol. The van der Waals surface area contributed by atoms with Crippen molar-refractivity contribution >= 4 is 28.3 Å². The van der Waals surface area contributed by atoms with Gasteiger partial charge in [-0.15, -0.1) is 0 Å². The molecule has 5 rings (SSSR count). The fourth-order valence-electron chi connectivity index (χ4n) is 4.03. The molecule has 0 bridgehead atoms. The normalized spacial score (nSPS) is 13.9. The number of carbonyl (C=O) groups excluding carboxylic acids is 1. The number of morpholine rings is 1. The average Bonchev–Trinajstić information content (AvgIpc) is 3.26. The fraction of sp³-hybridized carbons (Fsp3) is 0.208. The lowest BCUT2D eigenvalue weighted by Crippen LogP contribution is -2.36. The predicted octanol–water partition coefficient (Wildman–Crippen LogP) is 3.25. The maximum absolute atomic E-state index is 13.6. The Kier molecular flexibility index (Phi) is 5.81. The Bertz CT molecular complexity index is 1350. The second kappa shape index (κ2) is 9.06. The van der Waals surface area contributed by atoms with Crippen molar-refractivity contribution in [2.45, 2.75) is 6.54 Å². The van der Waals surface area contributed by atoms with Crippen LogP contribution in [0.25, 0.3) is 16.9 Å². The van der Waals surface area contributed by atoms with E-state index < -0.39 is 17.5 Å². The van der Waals surface area contributed by atoms with Crippen LogP contribution in [0.3, 0.4) is 0 Å². The number of imidazole rings is 1. The average molecular weight is 464 g/mol. The summed E-state index contributed by atoms with van der Waals surface area (Å²) in [6, 6.07) is 10.9. The maximum Gasteiger partial charge on any atom is 0.252 e. The molecule has 1 aliphatic rings. The van der Waals surface area contributed by atoms with E-state index in [1.807, 2.05) is 22.8 Å². The van der Waals surface area contributed by atoms with Gasteiger partial charge >= 0.3 is 0 Å². The minimum absolute atomic E-state index is 0.0876. The van der Waals surface area contributed by atoms with Crippen LogP contribution in [0.15, 0.2) is 55.0 Å². The lowest BCUT2D eigenvalue weighted by molar-refractivity contribution is 0.100. The first kappa shape index (κ1) is 21.8. The number of nitrogens with one attached hydrogen (secondary N) is 1. The Morgan fingerprint density at radius 1 is 1.06 bits per heavy atom. The van der Waals surface area contributed by atoms with Crippen LogP contribution in [-0.2, 0) is 11.3 Å². The molecule has 2 aromatic heterocycles. The highest BCUT2D eigenvalue weighted by Gasteiger charge is 2.16. The zero-order chi connectivity index (χ0) is 23.7. The van der Waals surface area contributed by atoms with Gasteiger partial charge in [-0.25, -0.2) is 18.7 Å². The van der Waals surface area contributed by atoms with Gasteiger partial charge < -0.3 is 20.7 Å². The van der Waals surface area contributed by atoms with Gasteiger partial charge in [0.05, 0.1) is 35.5 Å². The van der Waals surface area contributed by atoms with E-state index in [9.17, 15) is 13.6 Å². The van der Waals surface area contributed by atoms with Crippen LogP contribution >= 0.6 is 0 Å². The highest BCUT2D eigenvalue weighted by atomic mass is 19.1. The Morgan fingerprint density at radius 3 is 2.56 bits per heavy atom. The summed E-state index contributed by atoms with van der Waals surface area (Å²) >= 11 is 0. The smallest absolute Gasteiger partial charge is 0.252 e. The number of nitrogens with two attached hydrogens (primary N) is 1. The number of rotatable bonds is 6. The summed E-state index contributed by atoms with van der Waals surface area (Å²) < 4.78 is 34.4. The topological polar surface area (TPSA) is 98.3 Å². The van der Waals surface area contributed by atoms with Crippen molar-refractivity contribution in [3.05, 3.63) is 77.8 Å². The Labute approximate surface area is 194 Å². The highest BCUT2D eigenvalue weighted by molar-refractivity contribution is 5.98. The van der Waals surface area contributed by atoms with Gasteiger partial charge in [-0.05, 0) is 35.9 Å². The number of hydrogen-bond donors (Lipinski definition) is 2. The number of nitrogens with zero attached hydrogens (tertiary/aromatic N) is 4. The number of pyridine rings is 1. The van der Waals surface area contributed by atoms with E-state index in [1.54, 1.807) is 12.4 Å². The summed E-state index contributed by atoms with van der Waals surface area (Å²) in [4.78, 5) is 23.1. The fourth-order valence-corrected chi connectivity index (χ4v) is 4.03. The molecule has 10 heteroatoms. The molecule has 0 saturated carbocycles. The van der Waals surface area contributed by atoms with Crippen LogP contribution in [0, 0.1) is 11.6 Å². The number of primary amides is 1. The van der Waals surface area contributed by atoms with Gasteiger partial charge in [-0.2, -0.15) is 0 Å². The van der Waals surface area contributed by atoms with Crippen LogP contribution in [-0.4, -0.2) is 46.7 Å². The molecule has 8 nitrogen and oxygen atoms in total. The summed E-state index contributed by atoms with van der Waals surface area (Å²) in [5.74, 6) is -1.51. The first-order valence-electron chi connectivity index (χ1n) is 10.8. The standard InChI is InChI=1S/C24H22F2N6O2/c25-16-7-15(8-17(26)9-16)12-28-21-11-23(29-13-19(21)24(27)33)32-14-30-20-2-1-18(10-22(20)32)31-3-5-34-6-4-31/h1-2,7-11,13-14H,3-6,12H2,(H2,27,33)(H,28,29). The van der Waals surface area contributed by atoms with E-state index >= 15 is 0 Å². The first-order valence-corrected chi connectivity index (χ1v) is 10.8. The summed E-state index contributed by atoms with van der Waals surface area (Å²) in [5.41, 5.74) is 9.16. The number of ether oxygens (including phenoxy) is 1. The molecule has 1 saturated heterocycles. The summed E-state index contributed by atoms with van der Waals surface area (Å²) in [7, 11) is 0. The molecule has 1 fully saturated rings. The molecule has 4 aromatic rings. The molecule has 0 radical (unpaired) electrons. The van der Waals surface area contributed by atoms with Crippen molar-refractivity contribution in [1.29, 1.82) is 0 Å². The lowest BCUT2D eigenvalue weighted by atomic mass is 10.1. The summed E-state index contributed by atoms with van der Waals surface area (Å²) in [6.45, 7) is 3.06. The van der Waals surface area contributed by atoms with Crippen molar-refractivity contribution in [3.8, 4) is 5.82 Å². The number of aromatic nitrogens is 3. The van der Waals surface area contributed by atoms with Gasteiger partial charge in [0.25, 0.3) is 5.91 Å². The molecule has 0 spiro atoms. The van der Waals surface area contributed by atoms with Gasteiger partial charge in [-0.3, -0.25) is 9.36 Å². The number of halogens is 2. The van der Waals surface area contributed by atoms with E-state index in [4.69, 9.17) is 10.5 Å². The molecule has 174 valence electrons. The van der Waals surface area contributed by atoms with E-state index in [0.29, 0.717) is 30.3 Å². The number of amides is 1. The van der Waals surface area contributed by atoms with Crippen molar-refractivity contribution < 1.29 is 18.3 Å². The van der Waals surface area contributed by atoms with E-state index in [2.05, 4.69) is 20.2 Å². The predicted molar refractivity (Wildman–Crippen MR) is 124 cm³/mol. The molecular formula is C24H22F2N6O2. The van der Waals surface area contributed by atoms with Gasteiger partial charge in [0.1, 0.15) is 23.8 Å². The zero-order valence-corrected chi connectivity index (χ0v) is 18.2. The van der Waals surface area contributed by atoms with E-state index in [-0.39, 0.29) is 12.1 Å². The second-order valence-corrected chi connectivity index (χ2v) is 7.97. The Balaban J connectivity index is 1.49. The Morgan fingerprint density at radius 2 is 1.82 bits per heavy atom. The van der Waals surface area contributed by atoms with Crippen molar-refractivity contribution in [3.63, 3.8) is 0 Å². The molecule has 2 aromatic carbocycles. The molecule has 0 unspecified atom stereocenters. The quantitative estimate of drug-likeness (QED) is 0.455. The van der Waals surface area contributed by atoms with Gasteiger partial charge in [0, 0.05) is 43.7 Å². The highest BCUT2D eigenvalue weighted by Crippen LogP contribution is 2.26. The number of carbonyl (C=O) groups is 1. The van der Waals surface area contributed by atoms with E-state index in [0.717, 1.165) is 35.9 Å². The van der Waals surface area contributed by atoms with E-state index in [1.165, 1.54) is 18.3 Å². The van der Waals surface area contributed by atoms with Gasteiger partial charge in [0.15, 0.2) is 0 Å². The van der Waals surface area contributed by atoms with Gasteiger partial charge in [0.2, 0.25) is 0 Å². The number of benzene rings is 2. The number of anilines is 2.